The van der Waals surface area contributed by atoms with Crippen molar-refractivity contribution in [1.82, 2.24) is 4.31 Å². The van der Waals surface area contributed by atoms with E-state index in [0.29, 0.717) is 16.0 Å². The average molecular weight is 418 g/mol. The average Bonchev–Trinajstić information content (AvgIpc) is 2.41. The van der Waals surface area contributed by atoms with Gasteiger partial charge >= 0.3 is 0 Å². The van der Waals surface area contributed by atoms with Crippen LogP contribution in [0, 0.1) is 0 Å². The van der Waals surface area contributed by atoms with Crippen LogP contribution in [0.3, 0.4) is 0 Å². The van der Waals surface area contributed by atoms with Crippen LogP contribution in [0.15, 0.2) is 27.6 Å². The van der Waals surface area contributed by atoms with Gasteiger partial charge in [-0.15, -0.1) is 12.4 Å². The molecule has 8 heteroatoms. The van der Waals surface area contributed by atoms with Crippen LogP contribution in [-0.2, 0) is 10.0 Å². The van der Waals surface area contributed by atoms with Gasteiger partial charge in [0.25, 0.3) is 0 Å². The number of nitrogens with two attached hydrogens (primary N) is 1. The Morgan fingerprint density at radius 1 is 1.43 bits per heavy atom. The molecule has 1 saturated heterocycles. The molecule has 0 aliphatic carbocycles. The fourth-order valence-corrected chi connectivity index (χ4v) is 5.52. The van der Waals surface area contributed by atoms with Crippen molar-refractivity contribution in [2.75, 3.05) is 6.54 Å². The first kappa shape index (κ1) is 19.2. The maximum atomic E-state index is 12.9. The van der Waals surface area contributed by atoms with Crippen molar-refractivity contribution in [3.63, 3.8) is 0 Å². The van der Waals surface area contributed by atoms with Crippen molar-refractivity contribution in [2.24, 2.45) is 5.73 Å². The highest BCUT2D eigenvalue weighted by Crippen LogP contribution is 2.32. The summed E-state index contributed by atoms with van der Waals surface area (Å²) in [6, 6.07) is 4.44. The first-order chi connectivity index (χ1) is 9.34. The minimum Gasteiger partial charge on any atom is -0.326 e. The molecular weight excluding hydrogens is 399 g/mol. The quantitative estimate of drug-likeness (QED) is 0.819. The molecule has 0 radical (unpaired) electrons. The van der Waals surface area contributed by atoms with E-state index in [1.54, 1.807) is 12.1 Å². The van der Waals surface area contributed by atoms with Gasteiger partial charge < -0.3 is 5.73 Å². The van der Waals surface area contributed by atoms with E-state index in [9.17, 15) is 8.42 Å². The number of nitrogens with zero attached hydrogens (tertiary/aromatic N) is 1. The maximum Gasteiger partial charge on any atom is 0.244 e. The Hall–Kier alpha value is 0.150. The van der Waals surface area contributed by atoms with E-state index in [4.69, 9.17) is 17.3 Å². The summed E-state index contributed by atoms with van der Waals surface area (Å²) in [5.74, 6) is 0. The van der Waals surface area contributed by atoms with E-state index in [2.05, 4.69) is 15.9 Å². The number of piperidine rings is 1. The predicted molar refractivity (Wildman–Crippen MR) is 91.6 cm³/mol. The van der Waals surface area contributed by atoms with Crippen molar-refractivity contribution < 1.29 is 8.42 Å². The lowest BCUT2D eigenvalue weighted by atomic mass is 10.00. The van der Waals surface area contributed by atoms with Gasteiger partial charge in [-0.05, 0) is 53.9 Å². The fraction of sp³-hybridized carbons (Fsp3) is 0.538. The summed E-state index contributed by atoms with van der Waals surface area (Å²) in [5.41, 5.74) is 5.96. The Balaban J connectivity index is 0.00000220. The molecule has 0 aromatic heterocycles. The number of halogens is 3. The number of hydrogen-bond acceptors (Lipinski definition) is 3. The normalized spacial score (nSPS) is 21.6. The molecule has 2 rings (SSSR count). The summed E-state index contributed by atoms with van der Waals surface area (Å²) in [5, 5.41) is 0.404. The predicted octanol–water partition coefficient (Wildman–Crippen LogP) is 3.41. The summed E-state index contributed by atoms with van der Waals surface area (Å²) in [6.07, 6.45) is 2.67. The summed E-state index contributed by atoms with van der Waals surface area (Å²) in [4.78, 5) is 0.206. The van der Waals surface area contributed by atoms with Crippen molar-refractivity contribution in [3.8, 4) is 0 Å². The number of sulfonamides is 1. The summed E-state index contributed by atoms with van der Waals surface area (Å²) in [6.45, 7) is 2.36. The van der Waals surface area contributed by atoms with Gasteiger partial charge in [0.2, 0.25) is 10.0 Å². The van der Waals surface area contributed by atoms with Crippen molar-refractivity contribution in [3.05, 3.63) is 27.7 Å². The van der Waals surface area contributed by atoms with E-state index in [0.717, 1.165) is 19.3 Å². The summed E-state index contributed by atoms with van der Waals surface area (Å²) >= 11 is 9.23. The molecule has 0 spiro atoms. The molecule has 1 aromatic carbocycles. The van der Waals surface area contributed by atoms with Crippen LogP contribution in [0.5, 0.6) is 0 Å². The Morgan fingerprint density at radius 3 is 2.71 bits per heavy atom. The molecule has 21 heavy (non-hydrogen) atoms. The SMILES string of the molecule is CC(N)C1CCCCN1S(=O)(=O)c1cc(Cl)ccc1Br.Cl. The van der Waals surface area contributed by atoms with Crippen LogP contribution in [0.2, 0.25) is 5.02 Å². The molecule has 2 atom stereocenters. The maximum absolute atomic E-state index is 12.9. The zero-order chi connectivity index (χ0) is 14.9. The van der Waals surface area contributed by atoms with Gasteiger partial charge in [0, 0.05) is 28.1 Å². The second-order valence-electron chi connectivity index (χ2n) is 5.11. The fourth-order valence-electron chi connectivity index (χ4n) is 2.56. The molecule has 0 amide bonds. The Morgan fingerprint density at radius 2 is 2.10 bits per heavy atom. The van der Waals surface area contributed by atoms with Crippen LogP contribution in [0.1, 0.15) is 26.2 Å². The number of hydrogen-bond donors (Lipinski definition) is 1. The highest BCUT2D eigenvalue weighted by molar-refractivity contribution is 9.10. The molecule has 120 valence electrons. The minimum absolute atomic E-state index is 0. The van der Waals surface area contributed by atoms with E-state index < -0.39 is 10.0 Å². The van der Waals surface area contributed by atoms with Crippen molar-refractivity contribution in [2.45, 2.75) is 43.2 Å². The van der Waals surface area contributed by atoms with Crippen molar-refractivity contribution >= 4 is 50.0 Å². The lowest BCUT2D eigenvalue weighted by Gasteiger charge is -2.37. The van der Waals surface area contributed by atoms with E-state index in [-0.39, 0.29) is 29.4 Å². The molecule has 2 N–H and O–H groups in total. The smallest absolute Gasteiger partial charge is 0.244 e. The Bertz CT molecular complexity index is 596. The molecule has 1 heterocycles. The molecule has 1 fully saturated rings. The number of benzene rings is 1. The molecule has 0 saturated carbocycles. The van der Waals surface area contributed by atoms with Crippen LogP contribution >= 0.6 is 39.9 Å². The topological polar surface area (TPSA) is 63.4 Å². The second-order valence-corrected chi connectivity index (χ2v) is 8.26. The molecule has 1 aliphatic heterocycles. The van der Waals surface area contributed by atoms with Gasteiger partial charge in [-0.2, -0.15) is 4.31 Å². The highest BCUT2D eigenvalue weighted by atomic mass is 79.9. The third kappa shape index (κ3) is 4.12. The van der Waals surface area contributed by atoms with Gasteiger partial charge in [-0.1, -0.05) is 18.0 Å². The van der Waals surface area contributed by atoms with Crippen LogP contribution in [0.4, 0.5) is 0 Å². The van der Waals surface area contributed by atoms with Gasteiger partial charge in [0.15, 0.2) is 0 Å². The van der Waals surface area contributed by atoms with Crippen LogP contribution in [-0.4, -0.2) is 31.4 Å². The first-order valence-electron chi connectivity index (χ1n) is 6.56. The molecule has 0 bridgehead atoms. The summed E-state index contributed by atoms with van der Waals surface area (Å²) < 4.78 is 27.8. The molecule has 2 unspecified atom stereocenters. The lowest BCUT2D eigenvalue weighted by Crippen LogP contribution is -2.51. The monoisotopic (exact) mass is 416 g/mol. The van der Waals surface area contributed by atoms with E-state index in [1.165, 1.54) is 10.4 Å². The molecular formula is C13H19BrCl2N2O2S. The van der Waals surface area contributed by atoms with Gasteiger partial charge in [0.1, 0.15) is 0 Å². The third-order valence-corrected chi connectivity index (χ3v) is 6.74. The third-order valence-electron chi connectivity index (χ3n) is 3.59. The highest BCUT2D eigenvalue weighted by Gasteiger charge is 2.36. The zero-order valence-corrected chi connectivity index (χ0v) is 15.6. The Labute approximate surface area is 145 Å². The molecule has 1 aromatic rings. The minimum atomic E-state index is -3.59. The number of rotatable bonds is 3. The molecule has 4 nitrogen and oxygen atoms in total. The van der Waals surface area contributed by atoms with E-state index in [1.807, 2.05) is 6.92 Å². The van der Waals surface area contributed by atoms with Gasteiger partial charge in [0.05, 0.1) is 4.90 Å². The molecule has 1 aliphatic rings. The zero-order valence-electron chi connectivity index (χ0n) is 11.6. The van der Waals surface area contributed by atoms with Crippen molar-refractivity contribution in [1.29, 1.82) is 0 Å². The standard InChI is InChI=1S/C13H18BrClN2O2S.ClH/c1-9(16)12-4-2-3-7-17(12)20(18,19)13-8-10(15)5-6-11(13)14;/h5-6,8-9,12H,2-4,7,16H2,1H3;1H. The summed E-state index contributed by atoms with van der Waals surface area (Å²) in [7, 11) is -3.59. The van der Waals surface area contributed by atoms with Gasteiger partial charge in [-0.3, -0.25) is 0 Å². The Kier molecular flexibility index (Phi) is 6.96. The second kappa shape index (κ2) is 7.62. The van der Waals surface area contributed by atoms with Crippen LogP contribution < -0.4 is 5.73 Å². The largest absolute Gasteiger partial charge is 0.326 e. The first-order valence-corrected chi connectivity index (χ1v) is 9.17. The van der Waals surface area contributed by atoms with Crippen LogP contribution in [0.25, 0.3) is 0 Å². The van der Waals surface area contributed by atoms with E-state index >= 15 is 0 Å². The lowest BCUT2D eigenvalue weighted by molar-refractivity contribution is 0.227. The van der Waals surface area contributed by atoms with Gasteiger partial charge in [-0.25, -0.2) is 8.42 Å².